The van der Waals surface area contributed by atoms with Crippen LogP contribution in [0.15, 0.2) is 58.3 Å². The van der Waals surface area contributed by atoms with Gasteiger partial charge < -0.3 is 10.2 Å². The molecule has 1 atom stereocenters. The van der Waals surface area contributed by atoms with E-state index in [9.17, 15) is 14.0 Å². The van der Waals surface area contributed by atoms with Crippen molar-refractivity contribution in [1.29, 1.82) is 0 Å². The van der Waals surface area contributed by atoms with Crippen molar-refractivity contribution in [2.45, 2.75) is 31.1 Å². The number of amides is 2. The Balaban J connectivity index is 1.39. The molecule has 0 aromatic heterocycles. The van der Waals surface area contributed by atoms with E-state index in [2.05, 4.69) is 17.1 Å². The highest BCUT2D eigenvalue weighted by molar-refractivity contribution is 8.04. The van der Waals surface area contributed by atoms with Crippen molar-refractivity contribution in [1.82, 2.24) is 10.2 Å². The van der Waals surface area contributed by atoms with E-state index in [4.69, 9.17) is 0 Å². The lowest BCUT2D eigenvalue weighted by Crippen LogP contribution is -2.43. The summed E-state index contributed by atoms with van der Waals surface area (Å²) < 4.78 is 14.2. The molecule has 2 heterocycles. The highest BCUT2D eigenvalue weighted by Gasteiger charge is 2.30. The molecule has 7 heteroatoms. The number of thioether (sulfide) groups is 1. The second-order valence-corrected chi connectivity index (χ2v) is 9.83. The van der Waals surface area contributed by atoms with Gasteiger partial charge in [-0.25, -0.2) is 4.39 Å². The Morgan fingerprint density at radius 2 is 2.00 bits per heavy atom. The van der Waals surface area contributed by atoms with Crippen LogP contribution in [0.2, 0.25) is 0 Å². The molecule has 0 radical (unpaired) electrons. The number of carbonyl (C=O) groups is 2. The summed E-state index contributed by atoms with van der Waals surface area (Å²) in [5.74, 6) is -0.130. The summed E-state index contributed by atoms with van der Waals surface area (Å²) in [6.45, 7) is 6.04. The third-order valence-corrected chi connectivity index (χ3v) is 7.12. The molecular weight excluding hydrogens is 437 g/mol. The number of para-hydroxylation sites is 1. The van der Waals surface area contributed by atoms with Crippen molar-refractivity contribution in [2.75, 3.05) is 37.6 Å². The van der Waals surface area contributed by atoms with Gasteiger partial charge in [0, 0.05) is 23.5 Å². The van der Waals surface area contributed by atoms with E-state index in [0.29, 0.717) is 22.7 Å². The Kier molecular flexibility index (Phi) is 7.83. The Labute approximate surface area is 199 Å². The minimum atomic E-state index is -0.385. The molecule has 0 aliphatic carbocycles. The first-order valence-corrected chi connectivity index (χ1v) is 12.4. The monoisotopic (exact) mass is 467 g/mol. The van der Waals surface area contributed by atoms with Crippen LogP contribution in [0.25, 0.3) is 6.08 Å². The highest BCUT2D eigenvalue weighted by atomic mass is 32.2. The van der Waals surface area contributed by atoms with Gasteiger partial charge in [-0.1, -0.05) is 49.0 Å². The van der Waals surface area contributed by atoms with Crippen LogP contribution in [0.5, 0.6) is 0 Å². The van der Waals surface area contributed by atoms with E-state index in [1.165, 1.54) is 35.6 Å². The van der Waals surface area contributed by atoms with Gasteiger partial charge in [0.15, 0.2) is 0 Å². The summed E-state index contributed by atoms with van der Waals surface area (Å²) in [5.41, 5.74) is 1.06. The molecule has 0 spiro atoms. The van der Waals surface area contributed by atoms with Gasteiger partial charge in [0.05, 0.1) is 10.6 Å². The van der Waals surface area contributed by atoms with Crippen LogP contribution in [0, 0.1) is 11.7 Å². The molecule has 2 aromatic carbocycles. The van der Waals surface area contributed by atoms with Crippen molar-refractivity contribution < 1.29 is 14.0 Å². The van der Waals surface area contributed by atoms with Crippen molar-refractivity contribution in [3.05, 3.63) is 64.8 Å². The fraction of sp³-hybridized carbons (Fsp3) is 0.385. The zero-order valence-electron chi connectivity index (χ0n) is 18.9. The van der Waals surface area contributed by atoms with Crippen molar-refractivity contribution in [3.63, 3.8) is 0 Å². The van der Waals surface area contributed by atoms with Crippen LogP contribution < -0.4 is 10.2 Å². The molecule has 1 N–H and O–H groups in total. The predicted octanol–water partition coefficient (Wildman–Crippen LogP) is 4.54. The summed E-state index contributed by atoms with van der Waals surface area (Å²) in [6.07, 6.45) is 4.98. The first-order chi connectivity index (χ1) is 16.0. The number of hydrogen-bond donors (Lipinski definition) is 1. The first kappa shape index (κ1) is 23.5. The van der Waals surface area contributed by atoms with Gasteiger partial charge in [-0.05, 0) is 62.5 Å². The van der Waals surface area contributed by atoms with Gasteiger partial charge >= 0.3 is 0 Å². The lowest BCUT2D eigenvalue weighted by molar-refractivity contribution is -0.122. The minimum absolute atomic E-state index is 0.0637. The molecule has 174 valence electrons. The Morgan fingerprint density at radius 1 is 1.21 bits per heavy atom. The van der Waals surface area contributed by atoms with Gasteiger partial charge in [-0.15, -0.1) is 0 Å². The average molecular weight is 468 g/mol. The van der Waals surface area contributed by atoms with E-state index in [1.54, 1.807) is 24.3 Å². The van der Waals surface area contributed by atoms with Crippen LogP contribution >= 0.6 is 11.8 Å². The van der Waals surface area contributed by atoms with Crippen LogP contribution in [0.4, 0.5) is 10.1 Å². The quantitative estimate of drug-likeness (QED) is 0.480. The van der Waals surface area contributed by atoms with Crippen LogP contribution in [-0.4, -0.2) is 49.4 Å². The highest BCUT2D eigenvalue weighted by Crippen LogP contribution is 2.42. The van der Waals surface area contributed by atoms with Gasteiger partial charge in [0.2, 0.25) is 5.91 Å². The fourth-order valence-electron chi connectivity index (χ4n) is 4.37. The maximum atomic E-state index is 14.2. The van der Waals surface area contributed by atoms with Crippen LogP contribution in [-0.2, 0) is 9.59 Å². The van der Waals surface area contributed by atoms with E-state index in [1.807, 2.05) is 24.3 Å². The molecule has 0 bridgehead atoms. The fourth-order valence-corrected chi connectivity index (χ4v) is 5.42. The zero-order valence-corrected chi connectivity index (χ0v) is 19.7. The number of nitrogens with one attached hydrogen (secondary N) is 1. The number of piperidine rings is 1. The number of nitrogens with zero attached hydrogens (tertiary/aromatic N) is 2. The van der Waals surface area contributed by atoms with Crippen LogP contribution in [0.3, 0.4) is 0 Å². The van der Waals surface area contributed by atoms with E-state index >= 15 is 0 Å². The molecule has 1 unspecified atom stereocenters. The summed E-state index contributed by atoms with van der Waals surface area (Å²) >= 11 is 1.30. The number of anilines is 1. The molecular formula is C26H30FN3O2S. The van der Waals surface area contributed by atoms with Gasteiger partial charge in [-0.3, -0.25) is 14.5 Å². The van der Waals surface area contributed by atoms with Crippen molar-refractivity contribution in [2.24, 2.45) is 5.92 Å². The van der Waals surface area contributed by atoms with Gasteiger partial charge in [0.25, 0.3) is 5.91 Å². The molecule has 2 aromatic rings. The number of hydrogen-bond acceptors (Lipinski definition) is 4. The van der Waals surface area contributed by atoms with Crippen molar-refractivity contribution >= 4 is 35.3 Å². The van der Waals surface area contributed by atoms with Gasteiger partial charge in [0.1, 0.15) is 12.4 Å². The lowest BCUT2D eigenvalue weighted by Gasteiger charge is -2.31. The minimum Gasteiger partial charge on any atom is -0.355 e. The molecule has 33 heavy (non-hydrogen) atoms. The Hall–Kier alpha value is -2.64. The second-order valence-electron chi connectivity index (χ2n) is 8.74. The smallest absolute Gasteiger partial charge is 0.265 e. The first-order valence-electron chi connectivity index (χ1n) is 11.6. The Morgan fingerprint density at radius 3 is 2.82 bits per heavy atom. The lowest BCUT2D eigenvalue weighted by atomic mass is 10.0. The third kappa shape index (κ3) is 6.03. The van der Waals surface area contributed by atoms with E-state index in [0.717, 1.165) is 36.9 Å². The molecule has 2 aliphatic heterocycles. The normalized spacial score (nSPS) is 20.1. The molecule has 0 saturated carbocycles. The molecule has 5 nitrogen and oxygen atoms in total. The summed E-state index contributed by atoms with van der Waals surface area (Å²) in [6, 6.07) is 13.8. The largest absolute Gasteiger partial charge is 0.355 e. The maximum Gasteiger partial charge on any atom is 0.265 e. The van der Waals surface area contributed by atoms with E-state index < -0.39 is 0 Å². The zero-order chi connectivity index (χ0) is 23.2. The standard InChI is InChI=1S/C26H30FN3O2S/c1-19-8-6-14-29(17-19)15-7-13-28-25(31)18-30-22-11-4-5-12-23(22)33-24(26(30)32)16-20-9-2-3-10-21(20)27/h2-5,9-12,16,19H,6-8,13-15,17-18H2,1H3,(H,28,31)/b24-16-. The maximum absolute atomic E-state index is 14.2. The number of halogens is 1. The summed E-state index contributed by atoms with van der Waals surface area (Å²) in [4.78, 5) is 31.1. The SMILES string of the molecule is CC1CCCN(CCCNC(=O)CN2C(=O)/C(=C/c3ccccc3F)Sc3ccccc32)C1. The molecule has 2 aliphatic rings. The molecule has 4 rings (SSSR count). The second kappa shape index (κ2) is 11.0. The predicted molar refractivity (Wildman–Crippen MR) is 131 cm³/mol. The Bertz CT molecular complexity index is 1040. The summed E-state index contributed by atoms with van der Waals surface area (Å²) in [7, 11) is 0. The van der Waals surface area contributed by atoms with E-state index in [-0.39, 0.29) is 24.2 Å². The number of rotatable bonds is 7. The van der Waals surface area contributed by atoms with Crippen molar-refractivity contribution in [3.8, 4) is 0 Å². The summed E-state index contributed by atoms with van der Waals surface area (Å²) in [5, 5.41) is 2.96. The number of likely N-dealkylation sites (tertiary alicyclic amines) is 1. The average Bonchev–Trinajstić information content (AvgIpc) is 2.81. The molecule has 1 saturated heterocycles. The van der Waals surface area contributed by atoms with Gasteiger partial charge in [-0.2, -0.15) is 0 Å². The number of fused-ring (bicyclic) bond motifs is 1. The third-order valence-electron chi connectivity index (χ3n) is 6.04. The molecule has 1 fully saturated rings. The number of carbonyl (C=O) groups excluding carboxylic acids is 2. The molecule has 2 amide bonds. The van der Waals surface area contributed by atoms with Crippen LogP contribution in [0.1, 0.15) is 31.7 Å². The number of benzene rings is 2. The topological polar surface area (TPSA) is 52.7 Å².